The SMILES string of the molecule is O=C(c1ccc(Cl)cc1)N1c2ncnn2C2(CCCCC2)C2CCCCC21. The van der Waals surface area contributed by atoms with Crippen molar-refractivity contribution in [3.63, 3.8) is 0 Å². The molecule has 2 fully saturated rings. The molecule has 3 aliphatic rings. The second kappa shape index (κ2) is 6.62. The van der Waals surface area contributed by atoms with Gasteiger partial charge in [0.2, 0.25) is 5.95 Å². The smallest absolute Gasteiger partial charge is 0.260 e. The first-order chi connectivity index (χ1) is 13.2. The molecule has 1 spiro atoms. The van der Waals surface area contributed by atoms with Gasteiger partial charge in [0.05, 0.1) is 5.54 Å². The normalized spacial score (nSPS) is 26.5. The van der Waals surface area contributed by atoms with Crippen molar-refractivity contribution in [3.8, 4) is 0 Å². The summed E-state index contributed by atoms with van der Waals surface area (Å²) < 4.78 is 2.12. The lowest BCUT2D eigenvalue weighted by Crippen LogP contribution is -2.61. The average Bonchev–Trinajstić information content (AvgIpc) is 3.20. The Bertz CT molecular complexity index is 840. The second-order valence-electron chi connectivity index (χ2n) is 8.28. The molecule has 2 saturated carbocycles. The number of hydrogen-bond acceptors (Lipinski definition) is 3. The predicted molar refractivity (Wildman–Crippen MR) is 105 cm³/mol. The first-order valence-electron chi connectivity index (χ1n) is 10.2. The number of carbonyl (C=O) groups excluding carboxylic acids is 1. The summed E-state index contributed by atoms with van der Waals surface area (Å²) >= 11 is 6.02. The third-order valence-corrected chi connectivity index (χ3v) is 7.20. The minimum Gasteiger partial charge on any atom is -0.273 e. The number of halogens is 1. The molecule has 5 nitrogen and oxygen atoms in total. The molecule has 142 valence electrons. The maximum Gasteiger partial charge on any atom is 0.260 e. The molecular weight excluding hydrogens is 360 g/mol. The maximum atomic E-state index is 13.5. The van der Waals surface area contributed by atoms with E-state index in [4.69, 9.17) is 11.6 Å². The van der Waals surface area contributed by atoms with Gasteiger partial charge in [0.15, 0.2) is 0 Å². The minimum atomic E-state index is 0.0171. The van der Waals surface area contributed by atoms with E-state index in [1.807, 2.05) is 17.0 Å². The number of aromatic nitrogens is 3. The van der Waals surface area contributed by atoms with Gasteiger partial charge in [0.25, 0.3) is 5.91 Å². The molecule has 1 aromatic heterocycles. The lowest BCUT2D eigenvalue weighted by molar-refractivity contribution is 0.0313. The minimum absolute atomic E-state index is 0.0171. The Labute approximate surface area is 164 Å². The van der Waals surface area contributed by atoms with E-state index in [9.17, 15) is 4.79 Å². The quantitative estimate of drug-likeness (QED) is 0.708. The second-order valence-corrected chi connectivity index (χ2v) is 8.71. The summed E-state index contributed by atoms with van der Waals surface area (Å²) in [5.74, 6) is 1.22. The van der Waals surface area contributed by atoms with Crippen molar-refractivity contribution in [1.82, 2.24) is 14.8 Å². The van der Waals surface area contributed by atoms with Crippen molar-refractivity contribution < 1.29 is 4.79 Å². The molecule has 0 radical (unpaired) electrons. The highest BCUT2D eigenvalue weighted by Crippen LogP contribution is 2.52. The molecule has 2 atom stereocenters. The zero-order valence-corrected chi connectivity index (χ0v) is 16.2. The molecule has 6 heteroatoms. The molecule has 0 N–H and O–H groups in total. The van der Waals surface area contributed by atoms with Crippen LogP contribution in [0.3, 0.4) is 0 Å². The van der Waals surface area contributed by atoms with Gasteiger partial charge in [0.1, 0.15) is 6.33 Å². The zero-order valence-electron chi connectivity index (χ0n) is 15.5. The van der Waals surface area contributed by atoms with Crippen molar-refractivity contribution in [2.24, 2.45) is 5.92 Å². The van der Waals surface area contributed by atoms with E-state index in [0.29, 0.717) is 16.5 Å². The Kier molecular flexibility index (Phi) is 4.23. The van der Waals surface area contributed by atoms with Crippen LogP contribution in [0.15, 0.2) is 30.6 Å². The van der Waals surface area contributed by atoms with E-state index >= 15 is 0 Å². The molecule has 1 amide bonds. The van der Waals surface area contributed by atoms with Gasteiger partial charge < -0.3 is 0 Å². The number of benzene rings is 1. The Morgan fingerprint density at radius 2 is 1.78 bits per heavy atom. The number of amides is 1. The number of nitrogens with zero attached hydrogens (tertiary/aromatic N) is 4. The zero-order chi connectivity index (χ0) is 18.4. The lowest BCUT2D eigenvalue weighted by atomic mass is 9.64. The van der Waals surface area contributed by atoms with E-state index in [0.717, 1.165) is 25.2 Å². The van der Waals surface area contributed by atoms with Crippen LogP contribution in [0.4, 0.5) is 5.95 Å². The van der Waals surface area contributed by atoms with E-state index in [1.165, 1.54) is 38.5 Å². The van der Waals surface area contributed by atoms with E-state index in [-0.39, 0.29) is 17.5 Å². The summed E-state index contributed by atoms with van der Waals surface area (Å²) in [4.78, 5) is 20.0. The third kappa shape index (κ3) is 2.62. The van der Waals surface area contributed by atoms with Crippen molar-refractivity contribution in [2.75, 3.05) is 4.90 Å². The Balaban J connectivity index is 1.62. The van der Waals surface area contributed by atoms with Crippen LogP contribution >= 0.6 is 11.6 Å². The van der Waals surface area contributed by atoms with Crippen LogP contribution < -0.4 is 4.90 Å². The molecule has 27 heavy (non-hydrogen) atoms. The average molecular weight is 385 g/mol. The summed E-state index contributed by atoms with van der Waals surface area (Å²) in [6, 6.07) is 7.41. The fourth-order valence-electron chi connectivity index (χ4n) is 5.79. The van der Waals surface area contributed by atoms with Gasteiger partial charge in [-0.05, 0) is 49.9 Å². The van der Waals surface area contributed by atoms with Crippen LogP contribution in [0, 0.1) is 5.92 Å². The van der Waals surface area contributed by atoms with Crippen LogP contribution in [0.1, 0.15) is 68.1 Å². The molecule has 1 aliphatic heterocycles. The number of anilines is 1. The summed E-state index contributed by atoms with van der Waals surface area (Å²) in [5, 5.41) is 5.30. The monoisotopic (exact) mass is 384 g/mol. The molecule has 2 aromatic rings. The van der Waals surface area contributed by atoms with E-state index < -0.39 is 0 Å². The van der Waals surface area contributed by atoms with Crippen LogP contribution in [-0.2, 0) is 5.54 Å². The number of rotatable bonds is 1. The molecule has 1 aromatic carbocycles. The molecule has 5 rings (SSSR count). The Morgan fingerprint density at radius 3 is 2.56 bits per heavy atom. The topological polar surface area (TPSA) is 51.0 Å². The first kappa shape index (κ1) is 17.2. The van der Waals surface area contributed by atoms with Gasteiger partial charge >= 0.3 is 0 Å². The highest BCUT2D eigenvalue weighted by Gasteiger charge is 2.54. The highest BCUT2D eigenvalue weighted by atomic mass is 35.5. The van der Waals surface area contributed by atoms with E-state index in [1.54, 1.807) is 18.5 Å². The van der Waals surface area contributed by atoms with Gasteiger partial charge in [-0.2, -0.15) is 10.1 Å². The molecule has 2 aliphatic carbocycles. The molecule has 2 heterocycles. The fraction of sp³-hybridized carbons (Fsp3) is 0.571. The van der Waals surface area contributed by atoms with Crippen LogP contribution in [0.5, 0.6) is 0 Å². The summed E-state index contributed by atoms with van der Waals surface area (Å²) in [7, 11) is 0. The van der Waals surface area contributed by atoms with Crippen LogP contribution in [-0.4, -0.2) is 26.7 Å². The first-order valence-corrected chi connectivity index (χ1v) is 10.6. The number of fused-ring (bicyclic) bond motifs is 4. The molecule has 2 unspecified atom stereocenters. The van der Waals surface area contributed by atoms with Crippen molar-refractivity contribution >= 4 is 23.5 Å². The third-order valence-electron chi connectivity index (χ3n) is 6.95. The molecule has 0 saturated heterocycles. The molecular formula is C21H25ClN4O. The van der Waals surface area contributed by atoms with E-state index in [2.05, 4.69) is 14.8 Å². The highest BCUT2D eigenvalue weighted by molar-refractivity contribution is 6.30. The molecule has 0 bridgehead atoms. The van der Waals surface area contributed by atoms with Crippen molar-refractivity contribution in [1.29, 1.82) is 0 Å². The van der Waals surface area contributed by atoms with Gasteiger partial charge in [0, 0.05) is 22.5 Å². The maximum absolute atomic E-state index is 13.5. The summed E-state index contributed by atoms with van der Waals surface area (Å²) in [6.45, 7) is 0. The van der Waals surface area contributed by atoms with Gasteiger partial charge in [-0.25, -0.2) is 4.68 Å². The van der Waals surface area contributed by atoms with Crippen LogP contribution in [0.2, 0.25) is 5.02 Å². The standard InChI is InChI=1S/C21H25ClN4O/c22-16-10-8-15(9-11-16)19(27)25-18-7-3-2-6-17(18)21(12-4-1-5-13-21)26-20(25)23-14-24-26/h8-11,14,17-18H,1-7,12-13H2. The Morgan fingerprint density at radius 1 is 1.04 bits per heavy atom. The lowest BCUT2D eigenvalue weighted by Gasteiger charge is -2.55. The van der Waals surface area contributed by atoms with Crippen LogP contribution in [0.25, 0.3) is 0 Å². The van der Waals surface area contributed by atoms with Gasteiger partial charge in [-0.1, -0.05) is 43.7 Å². The predicted octanol–water partition coefficient (Wildman–Crippen LogP) is 4.81. The van der Waals surface area contributed by atoms with Crippen molar-refractivity contribution in [2.45, 2.75) is 69.4 Å². The fourth-order valence-corrected chi connectivity index (χ4v) is 5.91. The summed E-state index contributed by atoms with van der Waals surface area (Å²) in [6.07, 6.45) is 12.4. The van der Waals surface area contributed by atoms with Crippen molar-refractivity contribution in [3.05, 3.63) is 41.2 Å². The van der Waals surface area contributed by atoms with Gasteiger partial charge in [-0.3, -0.25) is 9.69 Å². The number of hydrogen-bond donors (Lipinski definition) is 0. The summed E-state index contributed by atoms with van der Waals surface area (Å²) in [5.41, 5.74) is 0.712. The Hall–Kier alpha value is -1.88. The largest absolute Gasteiger partial charge is 0.273 e. The number of carbonyl (C=O) groups is 1. The van der Waals surface area contributed by atoms with Gasteiger partial charge in [-0.15, -0.1) is 0 Å².